The lowest BCUT2D eigenvalue weighted by Gasteiger charge is -2.11. The first kappa shape index (κ1) is 16.1. The summed E-state index contributed by atoms with van der Waals surface area (Å²) in [5.41, 5.74) is 2.73. The van der Waals surface area contributed by atoms with Crippen molar-refractivity contribution in [1.29, 1.82) is 0 Å². The molecule has 3 heterocycles. The number of fused-ring (bicyclic) bond motifs is 1. The van der Waals surface area contributed by atoms with Crippen LogP contribution in [0.3, 0.4) is 0 Å². The molecule has 2 aromatic heterocycles. The molecule has 0 atom stereocenters. The van der Waals surface area contributed by atoms with E-state index < -0.39 is 0 Å². The highest BCUT2D eigenvalue weighted by Gasteiger charge is 2.29. The predicted octanol–water partition coefficient (Wildman–Crippen LogP) is 2.80. The SMILES string of the molecule is C/C=C/Cc1nnc(C(=O)N2Cc3cnc(-c4ccccc4)nc3C2)o1. The molecule has 1 aromatic carbocycles. The second kappa shape index (κ2) is 6.87. The fourth-order valence-electron chi connectivity index (χ4n) is 2.80. The van der Waals surface area contributed by atoms with E-state index in [1.54, 1.807) is 11.1 Å². The lowest BCUT2D eigenvalue weighted by Crippen LogP contribution is -2.25. The van der Waals surface area contributed by atoms with Gasteiger partial charge in [0.15, 0.2) is 5.82 Å². The summed E-state index contributed by atoms with van der Waals surface area (Å²) in [7, 11) is 0. The fraction of sp³-hybridized carbons (Fsp3) is 0.211. The molecule has 7 heteroatoms. The minimum absolute atomic E-state index is 0.00792. The Morgan fingerprint density at radius 3 is 2.88 bits per heavy atom. The quantitative estimate of drug-likeness (QED) is 0.675. The van der Waals surface area contributed by atoms with Crippen molar-refractivity contribution in [3.8, 4) is 11.4 Å². The molecule has 1 aliphatic rings. The predicted molar refractivity (Wildman–Crippen MR) is 93.9 cm³/mol. The Labute approximate surface area is 150 Å². The average molecular weight is 347 g/mol. The maximum atomic E-state index is 12.6. The van der Waals surface area contributed by atoms with Gasteiger partial charge in [-0.15, -0.1) is 10.2 Å². The Morgan fingerprint density at radius 2 is 2.08 bits per heavy atom. The van der Waals surface area contributed by atoms with Gasteiger partial charge in [0.25, 0.3) is 0 Å². The molecule has 0 bridgehead atoms. The van der Waals surface area contributed by atoms with Crippen LogP contribution in [0.1, 0.15) is 34.8 Å². The highest BCUT2D eigenvalue weighted by Crippen LogP contribution is 2.24. The molecule has 0 N–H and O–H groups in total. The monoisotopic (exact) mass is 347 g/mol. The van der Waals surface area contributed by atoms with Gasteiger partial charge in [-0.1, -0.05) is 42.5 Å². The molecule has 0 radical (unpaired) electrons. The van der Waals surface area contributed by atoms with E-state index in [9.17, 15) is 4.79 Å². The van der Waals surface area contributed by atoms with Crippen molar-refractivity contribution >= 4 is 5.91 Å². The average Bonchev–Trinajstić information content (AvgIpc) is 3.33. The van der Waals surface area contributed by atoms with Crippen LogP contribution in [0.5, 0.6) is 0 Å². The van der Waals surface area contributed by atoms with Gasteiger partial charge in [0.05, 0.1) is 12.2 Å². The summed E-state index contributed by atoms with van der Waals surface area (Å²) in [6.45, 7) is 2.76. The number of aromatic nitrogens is 4. The molecule has 0 saturated carbocycles. The normalized spacial score (nSPS) is 13.3. The van der Waals surface area contributed by atoms with Gasteiger partial charge in [-0.05, 0) is 6.92 Å². The topological polar surface area (TPSA) is 85.0 Å². The number of carbonyl (C=O) groups excluding carboxylic acids is 1. The third kappa shape index (κ3) is 3.11. The van der Waals surface area contributed by atoms with Crippen LogP contribution >= 0.6 is 0 Å². The summed E-state index contributed by atoms with van der Waals surface area (Å²) in [4.78, 5) is 23.3. The van der Waals surface area contributed by atoms with Crippen LogP contribution in [0.2, 0.25) is 0 Å². The van der Waals surface area contributed by atoms with E-state index in [1.165, 1.54) is 0 Å². The molecule has 7 nitrogen and oxygen atoms in total. The summed E-state index contributed by atoms with van der Waals surface area (Å²) >= 11 is 0. The Morgan fingerprint density at radius 1 is 1.23 bits per heavy atom. The summed E-state index contributed by atoms with van der Waals surface area (Å²) in [6, 6.07) is 9.77. The van der Waals surface area contributed by atoms with Crippen molar-refractivity contribution in [2.75, 3.05) is 0 Å². The van der Waals surface area contributed by atoms with E-state index >= 15 is 0 Å². The summed E-state index contributed by atoms with van der Waals surface area (Å²) in [6.07, 6.45) is 6.09. The summed E-state index contributed by atoms with van der Waals surface area (Å²) < 4.78 is 5.45. The van der Waals surface area contributed by atoms with E-state index in [2.05, 4.69) is 20.2 Å². The van der Waals surface area contributed by atoms with Crippen molar-refractivity contribution in [3.63, 3.8) is 0 Å². The van der Waals surface area contributed by atoms with Crippen molar-refractivity contribution in [2.45, 2.75) is 26.4 Å². The maximum absolute atomic E-state index is 12.6. The first-order valence-corrected chi connectivity index (χ1v) is 8.37. The largest absolute Gasteiger partial charge is 0.417 e. The number of benzene rings is 1. The standard InChI is InChI=1S/C19H17N5O2/c1-2-3-9-16-22-23-18(26-16)19(25)24-11-14-10-20-17(21-15(14)12-24)13-7-5-4-6-8-13/h2-8,10H,9,11-12H2,1H3/b3-2+. The van der Waals surface area contributed by atoms with Gasteiger partial charge >= 0.3 is 11.8 Å². The van der Waals surface area contributed by atoms with Gasteiger partial charge in [-0.25, -0.2) is 9.97 Å². The van der Waals surface area contributed by atoms with Crippen LogP contribution in [0.15, 0.2) is 53.1 Å². The van der Waals surface area contributed by atoms with Gasteiger partial charge in [0, 0.05) is 30.3 Å². The zero-order valence-electron chi connectivity index (χ0n) is 14.3. The molecule has 130 valence electrons. The molecule has 26 heavy (non-hydrogen) atoms. The van der Waals surface area contributed by atoms with Crippen LogP contribution in [0.25, 0.3) is 11.4 Å². The molecule has 0 saturated heterocycles. The first-order chi connectivity index (χ1) is 12.7. The maximum Gasteiger partial charge on any atom is 0.312 e. The molecule has 1 aliphatic heterocycles. The van der Waals surface area contributed by atoms with E-state index in [-0.39, 0.29) is 11.8 Å². The number of hydrogen-bond donors (Lipinski definition) is 0. The Hall–Kier alpha value is -3.35. The zero-order valence-corrected chi connectivity index (χ0v) is 14.3. The first-order valence-electron chi connectivity index (χ1n) is 8.37. The van der Waals surface area contributed by atoms with Gasteiger partial charge in [-0.3, -0.25) is 4.79 Å². The number of hydrogen-bond acceptors (Lipinski definition) is 6. The van der Waals surface area contributed by atoms with Gasteiger partial charge in [0.1, 0.15) is 0 Å². The fourth-order valence-corrected chi connectivity index (χ4v) is 2.80. The van der Waals surface area contributed by atoms with E-state index in [0.29, 0.717) is 31.2 Å². The number of nitrogens with zero attached hydrogens (tertiary/aromatic N) is 5. The number of allylic oxidation sites excluding steroid dienone is 2. The molecule has 0 fully saturated rings. The van der Waals surface area contributed by atoms with E-state index in [1.807, 2.05) is 49.4 Å². The number of rotatable bonds is 4. The van der Waals surface area contributed by atoms with E-state index in [4.69, 9.17) is 4.42 Å². The highest BCUT2D eigenvalue weighted by atomic mass is 16.4. The Balaban J connectivity index is 1.51. The minimum Gasteiger partial charge on any atom is -0.417 e. The van der Waals surface area contributed by atoms with Crippen molar-refractivity contribution in [2.24, 2.45) is 0 Å². The van der Waals surface area contributed by atoms with Crippen molar-refractivity contribution in [1.82, 2.24) is 25.1 Å². The van der Waals surface area contributed by atoms with Crippen molar-refractivity contribution < 1.29 is 9.21 Å². The smallest absolute Gasteiger partial charge is 0.312 e. The second-order valence-corrected chi connectivity index (χ2v) is 5.97. The molecule has 0 unspecified atom stereocenters. The molecule has 0 aliphatic carbocycles. The van der Waals surface area contributed by atoms with Crippen molar-refractivity contribution in [3.05, 3.63) is 71.7 Å². The van der Waals surface area contributed by atoms with Crippen LogP contribution in [-0.2, 0) is 19.5 Å². The molecule has 3 aromatic rings. The zero-order chi connectivity index (χ0) is 17.9. The third-order valence-corrected chi connectivity index (χ3v) is 4.15. The van der Waals surface area contributed by atoms with Gasteiger partial charge in [-0.2, -0.15) is 0 Å². The highest BCUT2D eigenvalue weighted by molar-refractivity contribution is 5.89. The van der Waals surface area contributed by atoms with Crippen LogP contribution < -0.4 is 0 Å². The molecule has 0 spiro atoms. The van der Waals surface area contributed by atoms with Gasteiger partial charge in [0.2, 0.25) is 5.89 Å². The number of carbonyl (C=O) groups is 1. The lowest BCUT2D eigenvalue weighted by molar-refractivity contribution is 0.0708. The van der Waals surface area contributed by atoms with Crippen LogP contribution in [0, 0.1) is 0 Å². The summed E-state index contributed by atoms with van der Waals surface area (Å²) in [5.74, 6) is 0.802. The van der Waals surface area contributed by atoms with Crippen LogP contribution in [-0.4, -0.2) is 31.0 Å². The molecular formula is C19H17N5O2. The third-order valence-electron chi connectivity index (χ3n) is 4.15. The minimum atomic E-state index is -0.288. The second-order valence-electron chi connectivity index (χ2n) is 5.97. The molecule has 1 amide bonds. The van der Waals surface area contributed by atoms with Crippen LogP contribution in [0.4, 0.5) is 0 Å². The Bertz CT molecular complexity index is 965. The summed E-state index contributed by atoms with van der Waals surface area (Å²) in [5, 5.41) is 7.77. The van der Waals surface area contributed by atoms with E-state index in [0.717, 1.165) is 16.8 Å². The van der Waals surface area contributed by atoms with Gasteiger partial charge < -0.3 is 9.32 Å². The lowest BCUT2D eigenvalue weighted by atomic mass is 10.2. The molecular weight excluding hydrogens is 330 g/mol. The Kier molecular flexibility index (Phi) is 4.27. The molecule has 4 rings (SSSR count). The number of amides is 1.